The molecule has 0 fully saturated rings. The van der Waals surface area contributed by atoms with Gasteiger partial charge in [0.15, 0.2) is 9.93 Å². The molecule has 2 rings (SSSR count). The van der Waals surface area contributed by atoms with Crippen LogP contribution in [0.25, 0.3) is 12.2 Å². The second-order valence-corrected chi connectivity index (χ2v) is 6.61. The Balaban J connectivity index is 2.39. The first-order chi connectivity index (χ1) is 12.0. The van der Waals surface area contributed by atoms with Crippen molar-refractivity contribution in [1.29, 1.82) is 15.8 Å². The molecule has 120 valence electrons. The van der Waals surface area contributed by atoms with E-state index in [-0.39, 0.29) is 10.6 Å². The Morgan fingerprint density at radius 3 is 1.96 bits per heavy atom. The van der Waals surface area contributed by atoms with E-state index >= 15 is 0 Å². The van der Waals surface area contributed by atoms with Crippen molar-refractivity contribution in [3.05, 3.63) is 70.3 Å². The van der Waals surface area contributed by atoms with Crippen molar-refractivity contribution in [2.75, 3.05) is 0 Å². The van der Waals surface area contributed by atoms with Crippen LogP contribution < -0.4 is 0 Å². The maximum atomic E-state index is 12.4. The number of sulfone groups is 1. The maximum absolute atomic E-state index is 12.4. The van der Waals surface area contributed by atoms with Crippen molar-refractivity contribution in [3.63, 3.8) is 0 Å². The molecule has 1 aromatic heterocycles. The quantitative estimate of drug-likeness (QED) is 0.785. The molecule has 1 aromatic carbocycles. The number of pyridine rings is 1. The third-order valence-electron chi connectivity index (χ3n) is 3.10. The third kappa shape index (κ3) is 4.17. The number of hydrogen-bond acceptors (Lipinski definition) is 6. The SMILES string of the molecule is N#CC(C#N)=Cc1ccc(/C=C(\C#N)S(=O)(=O)c2ccccn2)cc1. The molecule has 0 saturated carbocycles. The molecule has 1 heterocycles. The number of benzene rings is 1. The summed E-state index contributed by atoms with van der Waals surface area (Å²) in [6, 6.07) is 16.0. The molecule has 0 aliphatic heterocycles. The zero-order chi connectivity index (χ0) is 18.3. The van der Waals surface area contributed by atoms with Crippen LogP contribution >= 0.6 is 0 Å². The van der Waals surface area contributed by atoms with E-state index in [1.807, 2.05) is 0 Å². The van der Waals surface area contributed by atoms with Crippen molar-refractivity contribution in [3.8, 4) is 18.2 Å². The lowest BCUT2D eigenvalue weighted by atomic mass is 10.1. The summed E-state index contributed by atoms with van der Waals surface area (Å²) >= 11 is 0. The van der Waals surface area contributed by atoms with Crippen molar-refractivity contribution < 1.29 is 8.42 Å². The summed E-state index contributed by atoms with van der Waals surface area (Å²) in [5, 5.41) is 26.5. The highest BCUT2D eigenvalue weighted by Crippen LogP contribution is 2.19. The Morgan fingerprint density at radius 1 is 0.880 bits per heavy atom. The van der Waals surface area contributed by atoms with Gasteiger partial charge < -0.3 is 0 Å². The van der Waals surface area contributed by atoms with Gasteiger partial charge in [-0.2, -0.15) is 15.8 Å². The Morgan fingerprint density at radius 2 is 1.48 bits per heavy atom. The topological polar surface area (TPSA) is 118 Å². The van der Waals surface area contributed by atoms with Crippen molar-refractivity contribution in [2.24, 2.45) is 0 Å². The highest BCUT2D eigenvalue weighted by Gasteiger charge is 2.21. The van der Waals surface area contributed by atoms with Crippen LogP contribution in [0.5, 0.6) is 0 Å². The van der Waals surface area contributed by atoms with Crippen LogP contribution in [0.2, 0.25) is 0 Å². The molecule has 25 heavy (non-hydrogen) atoms. The monoisotopic (exact) mass is 346 g/mol. The van der Waals surface area contributed by atoms with E-state index in [2.05, 4.69) is 4.98 Å². The Hall–Kier alpha value is -3.73. The zero-order valence-corrected chi connectivity index (χ0v) is 13.6. The molecule has 0 spiro atoms. The largest absolute Gasteiger partial charge is 0.244 e. The molecule has 0 atom stereocenters. The molecule has 0 bridgehead atoms. The van der Waals surface area contributed by atoms with Gasteiger partial charge in [-0.3, -0.25) is 0 Å². The van der Waals surface area contributed by atoms with Crippen LogP contribution in [-0.2, 0) is 9.84 Å². The number of nitrogens with zero attached hydrogens (tertiary/aromatic N) is 4. The van der Waals surface area contributed by atoms with Gasteiger partial charge in [-0.25, -0.2) is 13.4 Å². The summed E-state index contributed by atoms with van der Waals surface area (Å²) in [7, 11) is -4.00. The summed E-state index contributed by atoms with van der Waals surface area (Å²) < 4.78 is 24.8. The Kier molecular flexibility index (Phi) is 5.43. The minimum Gasteiger partial charge on any atom is -0.244 e. The van der Waals surface area contributed by atoms with Crippen LogP contribution in [0, 0.1) is 34.0 Å². The second-order valence-electron chi connectivity index (χ2n) is 4.74. The molecule has 0 aliphatic carbocycles. The van der Waals surface area contributed by atoms with Gasteiger partial charge in [-0.15, -0.1) is 0 Å². The lowest BCUT2D eigenvalue weighted by molar-refractivity contribution is 0.600. The molecule has 7 heteroatoms. The van der Waals surface area contributed by atoms with Crippen molar-refractivity contribution >= 4 is 22.0 Å². The number of aromatic nitrogens is 1. The summed E-state index contributed by atoms with van der Waals surface area (Å²) in [5.41, 5.74) is 1.06. The normalized spacial score (nSPS) is 10.8. The third-order valence-corrected chi connectivity index (χ3v) is 4.68. The molecular weight excluding hydrogens is 336 g/mol. The van der Waals surface area contributed by atoms with E-state index in [1.54, 1.807) is 48.5 Å². The molecule has 0 N–H and O–H groups in total. The second kappa shape index (κ2) is 7.70. The van der Waals surface area contributed by atoms with Gasteiger partial charge in [0, 0.05) is 6.20 Å². The number of allylic oxidation sites excluding steroid dienone is 2. The first-order valence-electron chi connectivity index (χ1n) is 6.91. The number of rotatable bonds is 4. The van der Waals surface area contributed by atoms with Gasteiger partial charge in [-0.05, 0) is 35.4 Å². The molecule has 2 aromatic rings. The molecule has 0 saturated heterocycles. The molecule has 0 unspecified atom stereocenters. The zero-order valence-electron chi connectivity index (χ0n) is 12.8. The van der Waals surface area contributed by atoms with E-state index in [0.29, 0.717) is 11.1 Å². The van der Waals surface area contributed by atoms with E-state index in [0.717, 1.165) is 0 Å². The molecule has 0 amide bonds. The van der Waals surface area contributed by atoms with Gasteiger partial charge in [-0.1, -0.05) is 30.3 Å². The highest BCUT2D eigenvalue weighted by molar-refractivity contribution is 7.95. The summed E-state index contributed by atoms with van der Waals surface area (Å²) in [4.78, 5) is 3.35. The van der Waals surface area contributed by atoms with E-state index in [4.69, 9.17) is 10.5 Å². The fourth-order valence-corrected chi connectivity index (χ4v) is 2.98. The first-order valence-corrected chi connectivity index (χ1v) is 8.39. The van der Waals surface area contributed by atoms with E-state index in [1.165, 1.54) is 30.5 Å². The number of hydrogen-bond donors (Lipinski definition) is 0. The predicted octanol–water partition coefficient (Wildman–Crippen LogP) is 2.85. The molecular formula is C18H10N4O2S. The Bertz CT molecular complexity index is 1050. The van der Waals surface area contributed by atoms with Crippen LogP contribution in [0.1, 0.15) is 11.1 Å². The standard InChI is InChI=1S/C18H10N4O2S/c19-11-16(12-20)9-14-4-6-15(7-5-14)10-17(13-21)25(23,24)18-3-1-2-8-22-18/h1-10H/b17-10+. The average molecular weight is 346 g/mol. The number of nitriles is 3. The minimum absolute atomic E-state index is 0.0428. The van der Waals surface area contributed by atoms with Crippen LogP contribution in [0.15, 0.2) is 64.2 Å². The Labute approximate surface area is 145 Å². The van der Waals surface area contributed by atoms with Gasteiger partial charge in [0.05, 0.1) is 0 Å². The van der Waals surface area contributed by atoms with Gasteiger partial charge in [0.2, 0.25) is 9.84 Å². The first kappa shape index (κ1) is 17.6. The fourth-order valence-electron chi connectivity index (χ4n) is 1.88. The minimum atomic E-state index is -4.00. The van der Waals surface area contributed by atoms with E-state index in [9.17, 15) is 13.7 Å². The predicted molar refractivity (Wildman–Crippen MR) is 90.7 cm³/mol. The van der Waals surface area contributed by atoms with Crippen LogP contribution in [0.3, 0.4) is 0 Å². The highest BCUT2D eigenvalue weighted by atomic mass is 32.2. The lowest BCUT2D eigenvalue weighted by Crippen LogP contribution is -2.05. The summed E-state index contributed by atoms with van der Waals surface area (Å²) in [6.45, 7) is 0. The van der Waals surface area contributed by atoms with Crippen molar-refractivity contribution in [2.45, 2.75) is 5.03 Å². The smallest absolute Gasteiger partial charge is 0.233 e. The molecule has 0 radical (unpaired) electrons. The molecule has 6 nitrogen and oxygen atoms in total. The average Bonchev–Trinajstić information content (AvgIpc) is 2.65. The maximum Gasteiger partial charge on any atom is 0.233 e. The van der Waals surface area contributed by atoms with Crippen molar-refractivity contribution in [1.82, 2.24) is 4.98 Å². The molecule has 0 aliphatic rings. The summed E-state index contributed by atoms with van der Waals surface area (Å²) in [5.74, 6) is 0. The van der Waals surface area contributed by atoms with Gasteiger partial charge in [0.1, 0.15) is 23.8 Å². The van der Waals surface area contributed by atoms with Gasteiger partial charge >= 0.3 is 0 Å². The fraction of sp³-hybridized carbons (Fsp3) is 0. The van der Waals surface area contributed by atoms with Crippen LogP contribution in [0.4, 0.5) is 0 Å². The van der Waals surface area contributed by atoms with E-state index < -0.39 is 14.7 Å². The van der Waals surface area contributed by atoms with Crippen LogP contribution in [-0.4, -0.2) is 13.4 Å². The lowest BCUT2D eigenvalue weighted by Gasteiger charge is -2.02. The van der Waals surface area contributed by atoms with Gasteiger partial charge in [0.25, 0.3) is 0 Å². The summed E-state index contributed by atoms with van der Waals surface area (Å²) in [6.07, 6.45) is 3.99.